The number of anilines is 1. The predicted molar refractivity (Wildman–Crippen MR) is 108 cm³/mol. The number of hydrogen-bond donors (Lipinski definition) is 4. The van der Waals surface area contributed by atoms with Crippen LogP contribution in [-0.2, 0) is 11.2 Å². The number of nitrogens with one attached hydrogen (secondary N) is 4. The van der Waals surface area contributed by atoms with Gasteiger partial charge in [-0.25, -0.2) is 4.79 Å². The summed E-state index contributed by atoms with van der Waals surface area (Å²) in [5, 5.41) is 9.29. The van der Waals surface area contributed by atoms with Gasteiger partial charge in [-0.15, -0.1) is 6.58 Å². The molecule has 6 nitrogen and oxygen atoms in total. The number of aromatic nitrogens is 1. The predicted octanol–water partition coefficient (Wildman–Crippen LogP) is 3.20. The first kappa shape index (κ1) is 18.3. The zero-order valence-electron chi connectivity index (χ0n) is 14.9. The lowest BCUT2D eigenvalue weighted by Gasteiger charge is -2.18. The molecule has 1 heterocycles. The molecule has 1 aromatic heterocycles. The lowest BCUT2D eigenvalue weighted by molar-refractivity contribution is -0.122. The molecular weight excluding hydrogens is 340 g/mol. The van der Waals surface area contributed by atoms with Crippen molar-refractivity contribution in [1.29, 1.82) is 0 Å². The van der Waals surface area contributed by atoms with Crippen LogP contribution in [0.5, 0.6) is 0 Å². The van der Waals surface area contributed by atoms with Crippen LogP contribution in [0.2, 0.25) is 0 Å². The van der Waals surface area contributed by atoms with Crippen LogP contribution in [0.15, 0.2) is 73.4 Å². The molecule has 3 rings (SSSR count). The molecule has 0 spiro atoms. The molecule has 6 heteroatoms. The highest BCUT2D eigenvalue weighted by molar-refractivity contribution is 5.94. The maximum atomic E-state index is 12.5. The maximum Gasteiger partial charge on any atom is 0.319 e. The van der Waals surface area contributed by atoms with E-state index in [-0.39, 0.29) is 5.91 Å². The van der Waals surface area contributed by atoms with Gasteiger partial charge in [-0.3, -0.25) is 4.79 Å². The molecule has 0 fully saturated rings. The summed E-state index contributed by atoms with van der Waals surface area (Å²) in [6.07, 6.45) is 3.84. The van der Waals surface area contributed by atoms with Crippen molar-refractivity contribution in [1.82, 2.24) is 15.6 Å². The van der Waals surface area contributed by atoms with Crippen LogP contribution in [0.4, 0.5) is 10.5 Å². The summed E-state index contributed by atoms with van der Waals surface area (Å²) in [5.74, 6) is -0.261. The van der Waals surface area contributed by atoms with Crippen LogP contribution in [0, 0.1) is 0 Å². The highest BCUT2D eigenvalue weighted by Crippen LogP contribution is 2.19. The molecule has 3 aromatic rings. The lowest BCUT2D eigenvalue weighted by atomic mass is 10.0. The summed E-state index contributed by atoms with van der Waals surface area (Å²) < 4.78 is 0. The minimum Gasteiger partial charge on any atom is -0.361 e. The van der Waals surface area contributed by atoms with Crippen molar-refractivity contribution in [2.45, 2.75) is 12.5 Å². The summed E-state index contributed by atoms with van der Waals surface area (Å²) in [5.41, 5.74) is 2.61. The van der Waals surface area contributed by atoms with E-state index in [1.807, 2.05) is 48.7 Å². The van der Waals surface area contributed by atoms with Crippen molar-refractivity contribution in [3.63, 3.8) is 0 Å². The van der Waals surface area contributed by atoms with Gasteiger partial charge in [0.25, 0.3) is 0 Å². The number of rotatable bonds is 7. The highest BCUT2D eigenvalue weighted by atomic mass is 16.2. The fourth-order valence-electron chi connectivity index (χ4n) is 2.87. The molecule has 0 aliphatic heterocycles. The number of aromatic amines is 1. The summed E-state index contributed by atoms with van der Waals surface area (Å²) in [6, 6.07) is 15.8. The molecule has 138 valence electrons. The van der Waals surface area contributed by atoms with E-state index in [1.54, 1.807) is 18.2 Å². The van der Waals surface area contributed by atoms with E-state index in [9.17, 15) is 9.59 Å². The topological polar surface area (TPSA) is 86.0 Å². The first-order chi connectivity index (χ1) is 13.2. The number of para-hydroxylation sites is 2. The molecule has 0 unspecified atom stereocenters. The average molecular weight is 362 g/mol. The Balaban J connectivity index is 1.75. The van der Waals surface area contributed by atoms with Gasteiger partial charge in [0.1, 0.15) is 6.04 Å². The van der Waals surface area contributed by atoms with E-state index >= 15 is 0 Å². The largest absolute Gasteiger partial charge is 0.361 e. The second kappa shape index (κ2) is 8.71. The van der Waals surface area contributed by atoms with E-state index in [0.717, 1.165) is 16.5 Å². The van der Waals surface area contributed by atoms with Crippen LogP contribution in [-0.4, -0.2) is 29.5 Å². The Kier molecular flexibility index (Phi) is 5.89. The Morgan fingerprint density at radius 1 is 1.07 bits per heavy atom. The Hall–Kier alpha value is -3.54. The number of urea groups is 1. The monoisotopic (exact) mass is 362 g/mol. The third-order valence-corrected chi connectivity index (χ3v) is 4.17. The molecule has 0 aliphatic carbocycles. The van der Waals surface area contributed by atoms with Gasteiger partial charge in [0.15, 0.2) is 0 Å². The normalized spacial score (nSPS) is 11.6. The first-order valence-electron chi connectivity index (χ1n) is 8.73. The summed E-state index contributed by atoms with van der Waals surface area (Å²) in [7, 11) is 0. The first-order valence-corrected chi connectivity index (χ1v) is 8.73. The zero-order chi connectivity index (χ0) is 19.1. The van der Waals surface area contributed by atoms with Crippen molar-refractivity contribution in [3.05, 3.63) is 79.0 Å². The van der Waals surface area contributed by atoms with Crippen molar-refractivity contribution < 1.29 is 9.59 Å². The van der Waals surface area contributed by atoms with Gasteiger partial charge in [-0.2, -0.15) is 0 Å². The van der Waals surface area contributed by atoms with E-state index in [2.05, 4.69) is 27.5 Å². The van der Waals surface area contributed by atoms with E-state index < -0.39 is 12.1 Å². The molecule has 0 saturated carbocycles. The summed E-state index contributed by atoms with van der Waals surface area (Å²) in [4.78, 5) is 28.1. The number of hydrogen-bond acceptors (Lipinski definition) is 2. The van der Waals surface area contributed by atoms with E-state index in [1.165, 1.54) is 0 Å². The Morgan fingerprint density at radius 2 is 1.81 bits per heavy atom. The van der Waals surface area contributed by atoms with Gasteiger partial charge in [0, 0.05) is 35.8 Å². The number of benzene rings is 2. The van der Waals surface area contributed by atoms with Crippen molar-refractivity contribution in [2.24, 2.45) is 0 Å². The Bertz CT molecular complexity index is 934. The molecule has 27 heavy (non-hydrogen) atoms. The van der Waals surface area contributed by atoms with E-state index in [4.69, 9.17) is 0 Å². The molecule has 0 aliphatic rings. The van der Waals surface area contributed by atoms with Gasteiger partial charge < -0.3 is 20.9 Å². The van der Waals surface area contributed by atoms with E-state index in [0.29, 0.717) is 18.7 Å². The maximum absolute atomic E-state index is 12.5. The molecule has 0 saturated heterocycles. The van der Waals surface area contributed by atoms with Gasteiger partial charge in [0.2, 0.25) is 5.91 Å². The third kappa shape index (κ3) is 4.76. The average Bonchev–Trinajstić information content (AvgIpc) is 3.09. The minimum absolute atomic E-state index is 0.261. The molecule has 0 radical (unpaired) electrons. The standard InChI is InChI=1S/C21H22N4O2/c1-2-12-22-20(26)19(25-21(27)24-16-8-4-3-5-9-16)13-15-14-23-18-11-7-6-10-17(15)18/h2-11,14,19,23H,1,12-13H2,(H,22,26)(H2,24,25,27)/t19-/m1/s1. The SMILES string of the molecule is C=CCNC(=O)[C@@H](Cc1c[nH]c2ccccc12)NC(=O)Nc1ccccc1. The molecule has 4 N–H and O–H groups in total. The number of H-pyrrole nitrogens is 1. The van der Waals surface area contributed by atoms with Crippen LogP contribution < -0.4 is 16.0 Å². The second-order valence-corrected chi connectivity index (χ2v) is 6.11. The molecule has 2 aromatic carbocycles. The van der Waals surface area contributed by atoms with Crippen LogP contribution in [0.25, 0.3) is 10.9 Å². The quantitative estimate of drug-likeness (QED) is 0.487. The zero-order valence-corrected chi connectivity index (χ0v) is 14.9. The Labute approximate surface area is 157 Å². The number of amides is 3. The third-order valence-electron chi connectivity index (χ3n) is 4.17. The number of fused-ring (bicyclic) bond motifs is 1. The fourth-order valence-corrected chi connectivity index (χ4v) is 2.87. The lowest BCUT2D eigenvalue weighted by Crippen LogP contribution is -2.49. The van der Waals surface area contributed by atoms with Crippen LogP contribution in [0.1, 0.15) is 5.56 Å². The van der Waals surface area contributed by atoms with Gasteiger partial charge in [-0.05, 0) is 23.8 Å². The summed E-state index contributed by atoms with van der Waals surface area (Å²) >= 11 is 0. The van der Waals surface area contributed by atoms with Gasteiger partial charge >= 0.3 is 6.03 Å². The smallest absolute Gasteiger partial charge is 0.319 e. The van der Waals surface area contributed by atoms with Gasteiger partial charge in [0.05, 0.1) is 0 Å². The molecule has 0 bridgehead atoms. The van der Waals surface area contributed by atoms with Gasteiger partial charge in [-0.1, -0.05) is 42.5 Å². The van der Waals surface area contributed by atoms with Crippen LogP contribution in [0.3, 0.4) is 0 Å². The van der Waals surface area contributed by atoms with Crippen molar-refractivity contribution in [3.8, 4) is 0 Å². The van der Waals surface area contributed by atoms with Crippen molar-refractivity contribution in [2.75, 3.05) is 11.9 Å². The minimum atomic E-state index is -0.715. The molecule has 3 amide bonds. The van der Waals surface area contributed by atoms with Crippen LogP contribution >= 0.6 is 0 Å². The fraction of sp³-hybridized carbons (Fsp3) is 0.143. The summed E-state index contributed by atoms with van der Waals surface area (Å²) in [6.45, 7) is 3.94. The second-order valence-electron chi connectivity index (χ2n) is 6.11. The number of carbonyl (C=O) groups excluding carboxylic acids is 2. The Morgan fingerprint density at radius 3 is 2.59 bits per heavy atom. The van der Waals surface area contributed by atoms with Crippen molar-refractivity contribution >= 4 is 28.5 Å². The molecular formula is C21H22N4O2. The highest BCUT2D eigenvalue weighted by Gasteiger charge is 2.22. The number of carbonyl (C=O) groups is 2. The molecule has 1 atom stereocenters.